The molecule has 1 atom stereocenters. The van der Waals surface area contributed by atoms with Gasteiger partial charge in [0.1, 0.15) is 5.01 Å². The maximum absolute atomic E-state index is 11.6. The number of nitrogens with zero attached hydrogens (tertiary/aromatic N) is 2. The van der Waals surface area contributed by atoms with E-state index in [2.05, 4.69) is 39.8 Å². The third-order valence-electron chi connectivity index (χ3n) is 3.17. The molecule has 0 spiro atoms. The van der Waals surface area contributed by atoms with Crippen molar-refractivity contribution in [2.24, 2.45) is 10.9 Å². The van der Waals surface area contributed by atoms with Gasteiger partial charge in [-0.1, -0.05) is 13.8 Å². The summed E-state index contributed by atoms with van der Waals surface area (Å²) in [5.74, 6) is 1.15. The highest BCUT2D eigenvalue weighted by molar-refractivity contribution is 7.11. The highest BCUT2D eigenvalue weighted by atomic mass is 32.1. The fourth-order valence-electron chi connectivity index (χ4n) is 2.18. The number of rotatable bonds is 8. The van der Waals surface area contributed by atoms with Crippen LogP contribution in [0.2, 0.25) is 0 Å². The zero-order valence-electron chi connectivity index (χ0n) is 15.2. The number of aryl methyl sites for hydroxylation is 1. The summed E-state index contributed by atoms with van der Waals surface area (Å²) in [6.45, 7) is 9.64. The van der Waals surface area contributed by atoms with Crippen LogP contribution in [0.3, 0.4) is 0 Å². The summed E-state index contributed by atoms with van der Waals surface area (Å²) in [4.78, 5) is 21.4. The number of nitrogens with one attached hydrogen (secondary N) is 3. The van der Waals surface area contributed by atoms with Crippen molar-refractivity contribution < 1.29 is 9.53 Å². The van der Waals surface area contributed by atoms with E-state index < -0.39 is 0 Å². The van der Waals surface area contributed by atoms with Gasteiger partial charge in [0.25, 0.3) is 0 Å². The summed E-state index contributed by atoms with van der Waals surface area (Å²) in [7, 11) is 1.72. The minimum atomic E-state index is -0.383. The lowest BCUT2D eigenvalue weighted by Crippen LogP contribution is -2.47. The molecule has 1 aromatic rings. The minimum absolute atomic E-state index is 0.0234. The molecule has 0 saturated heterocycles. The van der Waals surface area contributed by atoms with Gasteiger partial charge in [0.2, 0.25) is 0 Å². The van der Waals surface area contributed by atoms with Gasteiger partial charge in [-0.05, 0) is 26.2 Å². The van der Waals surface area contributed by atoms with Crippen LogP contribution in [0.25, 0.3) is 0 Å². The number of amides is 1. The molecule has 1 heterocycles. The van der Waals surface area contributed by atoms with Crippen molar-refractivity contribution in [2.45, 2.75) is 46.7 Å². The van der Waals surface area contributed by atoms with Gasteiger partial charge < -0.3 is 20.7 Å². The van der Waals surface area contributed by atoms with Crippen molar-refractivity contribution >= 4 is 23.4 Å². The number of thiazole rings is 1. The lowest BCUT2D eigenvalue weighted by molar-refractivity contribution is 0.146. The molecule has 0 aliphatic carbocycles. The van der Waals surface area contributed by atoms with Gasteiger partial charge in [0.15, 0.2) is 5.96 Å². The zero-order chi connectivity index (χ0) is 17.9. The van der Waals surface area contributed by atoms with E-state index >= 15 is 0 Å². The summed E-state index contributed by atoms with van der Waals surface area (Å²) >= 11 is 1.66. The Labute approximate surface area is 148 Å². The summed E-state index contributed by atoms with van der Waals surface area (Å²) in [6.07, 6.45) is 2.33. The first-order chi connectivity index (χ1) is 11.4. The number of aliphatic imine (C=N–C) groups is 1. The zero-order valence-corrected chi connectivity index (χ0v) is 16.0. The van der Waals surface area contributed by atoms with Crippen LogP contribution in [0.5, 0.6) is 0 Å². The average Bonchev–Trinajstić information content (AvgIpc) is 2.92. The van der Waals surface area contributed by atoms with Crippen LogP contribution < -0.4 is 16.0 Å². The first-order valence-corrected chi connectivity index (χ1v) is 9.05. The fraction of sp³-hybridized carbons (Fsp3) is 0.688. The van der Waals surface area contributed by atoms with Crippen LogP contribution in [-0.2, 0) is 11.3 Å². The van der Waals surface area contributed by atoms with E-state index in [0.29, 0.717) is 31.6 Å². The van der Waals surface area contributed by atoms with Crippen LogP contribution in [0.1, 0.15) is 37.1 Å². The van der Waals surface area contributed by atoms with E-state index in [-0.39, 0.29) is 12.1 Å². The molecule has 0 saturated carbocycles. The molecule has 3 N–H and O–H groups in total. The fourth-order valence-corrected chi connectivity index (χ4v) is 2.91. The molecule has 24 heavy (non-hydrogen) atoms. The average molecular weight is 356 g/mol. The summed E-state index contributed by atoms with van der Waals surface area (Å²) in [5, 5.41) is 10.4. The smallest absolute Gasteiger partial charge is 0.407 e. The van der Waals surface area contributed by atoms with E-state index in [1.54, 1.807) is 25.3 Å². The molecule has 1 unspecified atom stereocenters. The molecule has 0 aromatic carbocycles. The molecule has 0 aliphatic heterocycles. The second-order valence-corrected chi connectivity index (χ2v) is 7.18. The quantitative estimate of drug-likeness (QED) is 0.492. The van der Waals surface area contributed by atoms with Gasteiger partial charge in [-0.2, -0.15) is 0 Å². The monoisotopic (exact) mass is 355 g/mol. The predicted molar refractivity (Wildman–Crippen MR) is 98.5 cm³/mol. The molecular formula is C16H29N5O2S. The van der Waals surface area contributed by atoms with Crippen molar-refractivity contribution in [1.29, 1.82) is 0 Å². The minimum Gasteiger partial charge on any atom is -0.450 e. The largest absolute Gasteiger partial charge is 0.450 e. The van der Waals surface area contributed by atoms with Crippen molar-refractivity contribution in [3.05, 3.63) is 16.1 Å². The number of carbonyl (C=O) groups is 1. The summed E-state index contributed by atoms with van der Waals surface area (Å²) in [6, 6.07) is -0.0234. The lowest BCUT2D eigenvalue weighted by atomic mass is 10.0. The van der Waals surface area contributed by atoms with Crippen molar-refractivity contribution in [2.75, 3.05) is 20.2 Å². The normalized spacial score (nSPS) is 12.8. The topological polar surface area (TPSA) is 87.6 Å². The Hall–Kier alpha value is -1.83. The van der Waals surface area contributed by atoms with Gasteiger partial charge in [0, 0.05) is 30.7 Å². The Morgan fingerprint density at radius 2 is 2.17 bits per heavy atom. The molecule has 136 valence electrons. The molecule has 1 amide bonds. The second kappa shape index (κ2) is 10.9. The Balaban J connectivity index is 2.47. The maximum Gasteiger partial charge on any atom is 0.407 e. The van der Waals surface area contributed by atoms with E-state index in [1.807, 2.05) is 13.1 Å². The Kier molecular flexibility index (Phi) is 9.14. The van der Waals surface area contributed by atoms with Gasteiger partial charge in [-0.15, -0.1) is 11.3 Å². The van der Waals surface area contributed by atoms with Crippen LogP contribution in [-0.4, -0.2) is 43.3 Å². The van der Waals surface area contributed by atoms with Gasteiger partial charge in [0.05, 0.1) is 13.2 Å². The highest BCUT2D eigenvalue weighted by Crippen LogP contribution is 2.10. The predicted octanol–water partition coefficient (Wildman–Crippen LogP) is 2.28. The SMILES string of the molecule is CCOC(=O)NC(CNC(=NC)NCc1ncc(C)s1)CC(C)C. The Bertz CT molecular complexity index is 530. The molecule has 0 bridgehead atoms. The third-order valence-corrected chi connectivity index (χ3v) is 4.08. The van der Waals surface area contributed by atoms with Gasteiger partial charge in [-0.25, -0.2) is 9.78 Å². The van der Waals surface area contributed by atoms with E-state index in [1.165, 1.54) is 4.88 Å². The van der Waals surface area contributed by atoms with Crippen LogP contribution in [0, 0.1) is 12.8 Å². The summed E-state index contributed by atoms with van der Waals surface area (Å²) < 4.78 is 4.96. The number of hydrogen-bond donors (Lipinski definition) is 3. The van der Waals surface area contributed by atoms with Crippen molar-refractivity contribution in [1.82, 2.24) is 20.9 Å². The number of hydrogen-bond acceptors (Lipinski definition) is 5. The highest BCUT2D eigenvalue weighted by Gasteiger charge is 2.15. The van der Waals surface area contributed by atoms with Crippen LogP contribution in [0.4, 0.5) is 4.79 Å². The van der Waals surface area contributed by atoms with Crippen molar-refractivity contribution in [3.63, 3.8) is 0 Å². The first kappa shape index (κ1) is 20.2. The van der Waals surface area contributed by atoms with E-state index in [0.717, 1.165) is 11.4 Å². The first-order valence-electron chi connectivity index (χ1n) is 8.23. The number of carbonyl (C=O) groups excluding carboxylic acids is 1. The molecular weight excluding hydrogens is 326 g/mol. The molecule has 1 rings (SSSR count). The van der Waals surface area contributed by atoms with E-state index in [4.69, 9.17) is 4.74 Å². The summed E-state index contributed by atoms with van der Waals surface area (Å²) in [5.41, 5.74) is 0. The number of ether oxygens (including phenoxy) is 1. The molecule has 1 aromatic heterocycles. The molecule has 8 heteroatoms. The second-order valence-electron chi connectivity index (χ2n) is 5.86. The van der Waals surface area contributed by atoms with E-state index in [9.17, 15) is 4.79 Å². The van der Waals surface area contributed by atoms with Crippen molar-refractivity contribution in [3.8, 4) is 0 Å². The number of alkyl carbamates (subject to hydrolysis) is 1. The van der Waals surface area contributed by atoms with Gasteiger partial charge in [-0.3, -0.25) is 4.99 Å². The molecule has 0 aliphatic rings. The van der Waals surface area contributed by atoms with Crippen LogP contribution >= 0.6 is 11.3 Å². The standard InChI is InChI=1S/C16H29N5O2S/c1-6-23-16(22)21-13(7-11(2)3)9-19-15(17-5)20-10-14-18-8-12(4)24-14/h8,11,13H,6-7,9-10H2,1-5H3,(H,21,22)(H2,17,19,20). The molecule has 0 fully saturated rings. The number of guanidine groups is 1. The van der Waals surface area contributed by atoms with Gasteiger partial charge >= 0.3 is 6.09 Å². The Morgan fingerprint density at radius 1 is 1.42 bits per heavy atom. The third kappa shape index (κ3) is 8.14. The molecule has 0 radical (unpaired) electrons. The lowest BCUT2D eigenvalue weighted by Gasteiger charge is -2.22. The maximum atomic E-state index is 11.6. The van der Waals surface area contributed by atoms with Crippen LogP contribution in [0.15, 0.2) is 11.2 Å². The molecule has 7 nitrogen and oxygen atoms in total. The Morgan fingerprint density at radius 3 is 2.71 bits per heavy atom. The number of aromatic nitrogens is 1.